The van der Waals surface area contributed by atoms with Crippen molar-refractivity contribution in [2.24, 2.45) is 5.73 Å². The topological polar surface area (TPSA) is 55.6 Å². The highest BCUT2D eigenvalue weighted by Crippen LogP contribution is 2.36. The van der Waals surface area contributed by atoms with E-state index in [1.807, 2.05) is 0 Å². The van der Waals surface area contributed by atoms with Crippen LogP contribution in [0.2, 0.25) is 0 Å². The van der Waals surface area contributed by atoms with Crippen molar-refractivity contribution in [1.82, 2.24) is 4.90 Å². The van der Waals surface area contributed by atoms with Crippen molar-refractivity contribution < 1.29 is 22.7 Å². The lowest BCUT2D eigenvalue weighted by Gasteiger charge is -2.27. The molecule has 0 unspecified atom stereocenters. The van der Waals surface area contributed by atoms with E-state index in [0.717, 1.165) is 18.9 Å². The molecule has 2 atom stereocenters. The van der Waals surface area contributed by atoms with E-state index in [0.29, 0.717) is 13.1 Å². The number of nitrogens with two attached hydrogens (primary N) is 1. The Kier molecular flexibility index (Phi) is 4.95. The van der Waals surface area contributed by atoms with Gasteiger partial charge in [-0.3, -0.25) is 4.79 Å². The molecule has 7 heteroatoms. The third-order valence-corrected chi connectivity index (χ3v) is 3.78. The molecule has 0 radical (unpaired) electrons. The van der Waals surface area contributed by atoms with Crippen molar-refractivity contribution in [2.75, 3.05) is 13.1 Å². The second-order valence-corrected chi connectivity index (χ2v) is 5.32. The molecule has 1 heterocycles. The maximum atomic E-state index is 12.9. The van der Waals surface area contributed by atoms with Crippen LogP contribution in [0, 0.1) is 0 Å². The summed E-state index contributed by atoms with van der Waals surface area (Å²) in [6.07, 6.45) is -3.85. The lowest BCUT2D eigenvalue weighted by molar-refractivity contribution is -0.143. The van der Waals surface area contributed by atoms with Gasteiger partial charge in [0.1, 0.15) is 5.75 Å². The van der Waals surface area contributed by atoms with E-state index in [9.17, 15) is 18.0 Å². The SMILES string of the molecule is C[C@H](Oc1ccccc1C(F)(F)F)C(=O)N1CCC[C@H]1CN. The predicted molar refractivity (Wildman–Crippen MR) is 75.3 cm³/mol. The van der Waals surface area contributed by atoms with Crippen LogP contribution in [0.4, 0.5) is 13.2 Å². The number of benzene rings is 1. The van der Waals surface area contributed by atoms with Crippen LogP contribution in [-0.4, -0.2) is 36.0 Å². The summed E-state index contributed by atoms with van der Waals surface area (Å²) >= 11 is 0. The molecule has 4 nitrogen and oxygen atoms in total. The van der Waals surface area contributed by atoms with Crippen LogP contribution in [0.25, 0.3) is 0 Å². The number of alkyl halides is 3. The van der Waals surface area contributed by atoms with Crippen molar-refractivity contribution in [3.63, 3.8) is 0 Å². The number of ether oxygens (including phenoxy) is 1. The quantitative estimate of drug-likeness (QED) is 0.928. The Labute approximate surface area is 127 Å². The van der Waals surface area contributed by atoms with Crippen molar-refractivity contribution in [1.29, 1.82) is 0 Å². The standard InChI is InChI=1S/C15H19F3N2O2/c1-10(14(21)20-8-4-5-11(20)9-19)22-13-7-3-2-6-12(13)15(16,17)18/h2-3,6-7,10-11H,4-5,8-9,19H2,1H3/t10-,11-/m0/s1. The van der Waals surface area contributed by atoms with E-state index in [2.05, 4.69) is 0 Å². The zero-order chi connectivity index (χ0) is 16.3. The summed E-state index contributed by atoms with van der Waals surface area (Å²) in [7, 11) is 0. The number of carbonyl (C=O) groups is 1. The van der Waals surface area contributed by atoms with Crippen LogP contribution in [-0.2, 0) is 11.0 Å². The first kappa shape index (κ1) is 16.6. The highest BCUT2D eigenvalue weighted by molar-refractivity contribution is 5.81. The molecular formula is C15H19F3N2O2. The molecule has 1 aliphatic rings. The maximum absolute atomic E-state index is 12.9. The highest BCUT2D eigenvalue weighted by Gasteiger charge is 2.36. The largest absolute Gasteiger partial charge is 0.480 e. The van der Waals surface area contributed by atoms with E-state index in [4.69, 9.17) is 10.5 Å². The number of likely N-dealkylation sites (tertiary alicyclic amines) is 1. The second-order valence-electron chi connectivity index (χ2n) is 5.32. The van der Waals surface area contributed by atoms with Gasteiger partial charge in [-0.25, -0.2) is 0 Å². The molecule has 1 aromatic rings. The second kappa shape index (κ2) is 6.56. The van der Waals surface area contributed by atoms with E-state index < -0.39 is 17.8 Å². The van der Waals surface area contributed by atoms with Crippen molar-refractivity contribution in [3.8, 4) is 5.75 Å². The number of halogens is 3. The number of hydrogen-bond donors (Lipinski definition) is 1. The predicted octanol–water partition coefficient (Wildman–Crippen LogP) is 2.42. The lowest BCUT2D eigenvalue weighted by Crippen LogP contribution is -2.45. The molecule has 22 heavy (non-hydrogen) atoms. The van der Waals surface area contributed by atoms with Crippen molar-refractivity contribution in [2.45, 2.75) is 38.1 Å². The normalized spacial score (nSPS) is 20.0. The minimum absolute atomic E-state index is 0.0589. The van der Waals surface area contributed by atoms with E-state index >= 15 is 0 Å². The molecule has 1 amide bonds. The number of hydrogen-bond acceptors (Lipinski definition) is 3. The molecule has 1 saturated heterocycles. The molecule has 1 aromatic carbocycles. The minimum atomic E-state index is -4.52. The number of para-hydroxylation sites is 1. The van der Waals surface area contributed by atoms with E-state index in [1.165, 1.54) is 25.1 Å². The third-order valence-electron chi connectivity index (χ3n) is 3.78. The van der Waals surface area contributed by atoms with Crippen molar-refractivity contribution >= 4 is 5.91 Å². The lowest BCUT2D eigenvalue weighted by atomic mass is 10.2. The van der Waals surface area contributed by atoms with Gasteiger partial charge < -0.3 is 15.4 Å². The van der Waals surface area contributed by atoms with Gasteiger partial charge in [0.15, 0.2) is 6.10 Å². The smallest absolute Gasteiger partial charge is 0.419 e. The fourth-order valence-electron chi connectivity index (χ4n) is 2.65. The summed E-state index contributed by atoms with van der Waals surface area (Å²) in [6.45, 7) is 2.37. The molecule has 2 rings (SSSR count). The third kappa shape index (κ3) is 3.52. The van der Waals surface area contributed by atoms with Gasteiger partial charge in [-0.2, -0.15) is 13.2 Å². The van der Waals surface area contributed by atoms with Crippen LogP contribution in [0.15, 0.2) is 24.3 Å². The fourth-order valence-corrected chi connectivity index (χ4v) is 2.65. The maximum Gasteiger partial charge on any atom is 0.419 e. The molecule has 0 saturated carbocycles. The number of amides is 1. The van der Waals surface area contributed by atoms with Gasteiger partial charge in [0.05, 0.1) is 5.56 Å². The molecule has 122 valence electrons. The van der Waals surface area contributed by atoms with Crippen LogP contribution in [0.3, 0.4) is 0 Å². The fraction of sp³-hybridized carbons (Fsp3) is 0.533. The average molecular weight is 316 g/mol. The molecule has 0 aliphatic carbocycles. The summed E-state index contributed by atoms with van der Waals surface area (Å²) in [5.74, 6) is -0.663. The Morgan fingerprint density at radius 1 is 1.45 bits per heavy atom. The first-order chi connectivity index (χ1) is 10.3. The Bertz CT molecular complexity index is 534. The summed E-state index contributed by atoms with van der Waals surface area (Å²) in [4.78, 5) is 13.9. The van der Waals surface area contributed by atoms with Gasteiger partial charge in [0, 0.05) is 19.1 Å². The first-order valence-electron chi connectivity index (χ1n) is 7.18. The summed E-state index contributed by atoms with van der Waals surface area (Å²) in [6, 6.07) is 4.83. The Morgan fingerprint density at radius 2 is 2.14 bits per heavy atom. The molecule has 0 spiro atoms. The number of carbonyl (C=O) groups excluding carboxylic acids is 1. The Hall–Kier alpha value is -1.76. The summed E-state index contributed by atoms with van der Waals surface area (Å²) < 4.78 is 44.1. The van der Waals surface area contributed by atoms with Crippen LogP contribution >= 0.6 is 0 Å². The molecule has 1 fully saturated rings. The van der Waals surface area contributed by atoms with Crippen molar-refractivity contribution in [3.05, 3.63) is 29.8 Å². The molecule has 0 bridgehead atoms. The molecule has 2 N–H and O–H groups in total. The van der Waals surface area contributed by atoms with Crippen LogP contribution < -0.4 is 10.5 Å². The van der Waals surface area contributed by atoms with E-state index in [1.54, 1.807) is 4.90 Å². The van der Waals surface area contributed by atoms with Gasteiger partial charge in [0.25, 0.3) is 5.91 Å². The zero-order valence-electron chi connectivity index (χ0n) is 12.3. The van der Waals surface area contributed by atoms with Crippen LogP contribution in [0.5, 0.6) is 5.75 Å². The summed E-state index contributed by atoms with van der Waals surface area (Å²) in [5, 5.41) is 0. The Morgan fingerprint density at radius 3 is 2.77 bits per heavy atom. The summed E-state index contributed by atoms with van der Waals surface area (Å²) in [5.41, 5.74) is 4.73. The molecule has 1 aliphatic heterocycles. The first-order valence-corrected chi connectivity index (χ1v) is 7.18. The zero-order valence-corrected chi connectivity index (χ0v) is 12.3. The average Bonchev–Trinajstić information content (AvgIpc) is 2.94. The Balaban J connectivity index is 2.12. The van der Waals surface area contributed by atoms with Gasteiger partial charge in [-0.05, 0) is 31.9 Å². The van der Waals surface area contributed by atoms with Crippen LogP contribution in [0.1, 0.15) is 25.3 Å². The molecule has 0 aromatic heterocycles. The number of nitrogens with zero attached hydrogens (tertiary/aromatic N) is 1. The van der Waals surface area contributed by atoms with Gasteiger partial charge in [-0.15, -0.1) is 0 Å². The van der Waals surface area contributed by atoms with Gasteiger partial charge in [-0.1, -0.05) is 12.1 Å². The monoisotopic (exact) mass is 316 g/mol. The van der Waals surface area contributed by atoms with Gasteiger partial charge >= 0.3 is 6.18 Å². The molecular weight excluding hydrogens is 297 g/mol. The highest BCUT2D eigenvalue weighted by atomic mass is 19.4. The van der Waals surface area contributed by atoms with E-state index in [-0.39, 0.29) is 17.7 Å². The minimum Gasteiger partial charge on any atom is -0.480 e. The number of rotatable bonds is 4. The van der Waals surface area contributed by atoms with Gasteiger partial charge in [0.2, 0.25) is 0 Å².